The number of hydrogen-bond donors (Lipinski definition) is 1. The molecule has 1 N–H and O–H groups in total. The van der Waals surface area contributed by atoms with Gasteiger partial charge in [-0.1, -0.05) is 18.2 Å². The Kier molecular flexibility index (Phi) is 6.09. The lowest BCUT2D eigenvalue weighted by Gasteiger charge is -2.15. The normalized spacial score (nSPS) is 12.2. The summed E-state index contributed by atoms with van der Waals surface area (Å²) in [6.07, 6.45) is -7.99. The maximum absolute atomic E-state index is 13.0. The molecule has 2 aromatic carbocycles. The van der Waals surface area contributed by atoms with Crippen molar-refractivity contribution in [3.05, 3.63) is 82.5 Å². The number of nitrogens with zero attached hydrogens (tertiary/aromatic N) is 4. The van der Waals surface area contributed by atoms with Gasteiger partial charge in [-0.25, -0.2) is 9.67 Å². The summed E-state index contributed by atoms with van der Waals surface area (Å²) in [5, 5.41) is 6.35. The highest BCUT2D eigenvalue weighted by atomic mass is 19.4. The number of aromatic nitrogens is 4. The lowest BCUT2D eigenvalue weighted by Crippen LogP contribution is -2.24. The van der Waals surface area contributed by atoms with Gasteiger partial charge in [-0.3, -0.25) is 14.2 Å². The number of hydrogen-bond acceptors (Lipinski definition) is 4. The Bertz CT molecular complexity index is 1410. The summed E-state index contributed by atoms with van der Waals surface area (Å²) in [6.45, 7) is -0.213. The highest BCUT2D eigenvalue weighted by Gasteiger charge is 2.37. The first-order valence-electron chi connectivity index (χ1n) is 10.0. The summed E-state index contributed by atoms with van der Waals surface area (Å²) in [4.78, 5) is 29.2. The molecule has 0 unspecified atom stereocenters. The first-order chi connectivity index (χ1) is 16.4. The van der Waals surface area contributed by atoms with Crippen LogP contribution in [0.5, 0.6) is 0 Å². The van der Waals surface area contributed by atoms with Crippen molar-refractivity contribution in [1.82, 2.24) is 19.3 Å². The van der Waals surface area contributed by atoms with Crippen molar-refractivity contribution in [3.63, 3.8) is 0 Å². The van der Waals surface area contributed by atoms with E-state index in [1.165, 1.54) is 17.2 Å². The van der Waals surface area contributed by atoms with Gasteiger partial charge in [0.05, 0.1) is 29.3 Å². The van der Waals surface area contributed by atoms with E-state index in [2.05, 4.69) is 10.1 Å². The molecule has 2 heterocycles. The van der Waals surface area contributed by atoms with Gasteiger partial charge in [-0.15, -0.1) is 0 Å². The molecular weight excluding hydrogens is 480 g/mol. The smallest absolute Gasteiger partial charge is 0.326 e. The third-order valence-corrected chi connectivity index (χ3v) is 5.01. The number of halogens is 6. The van der Waals surface area contributed by atoms with Crippen LogP contribution < -0.4 is 10.9 Å². The molecule has 4 aromatic rings. The lowest BCUT2D eigenvalue weighted by molar-refractivity contribution is -0.143. The first-order valence-corrected chi connectivity index (χ1v) is 10.0. The van der Waals surface area contributed by atoms with E-state index < -0.39 is 47.1 Å². The van der Waals surface area contributed by atoms with Crippen molar-refractivity contribution >= 4 is 22.6 Å². The second kappa shape index (κ2) is 8.89. The van der Waals surface area contributed by atoms with E-state index in [1.807, 2.05) is 11.4 Å². The predicted octanol–water partition coefficient (Wildman–Crippen LogP) is 4.65. The number of rotatable bonds is 5. The molecule has 0 aliphatic carbocycles. The molecule has 0 saturated heterocycles. The van der Waals surface area contributed by atoms with Gasteiger partial charge in [0.15, 0.2) is 5.65 Å². The van der Waals surface area contributed by atoms with Gasteiger partial charge in [0.1, 0.15) is 5.39 Å². The van der Waals surface area contributed by atoms with E-state index in [-0.39, 0.29) is 23.6 Å². The minimum absolute atomic E-state index is 0.0360. The molecule has 4 rings (SSSR count). The van der Waals surface area contributed by atoms with Crippen LogP contribution >= 0.6 is 0 Å². The zero-order chi connectivity index (χ0) is 25.4. The van der Waals surface area contributed by atoms with Crippen LogP contribution in [0.15, 0.2) is 65.8 Å². The minimum Gasteiger partial charge on any atom is -0.326 e. The Balaban J connectivity index is 1.52. The maximum atomic E-state index is 13.0. The molecule has 2 aromatic heterocycles. The van der Waals surface area contributed by atoms with Gasteiger partial charge in [-0.2, -0.15) is 31.4 Å². The van der Waals surface area contributed by atoms with Crippen molar-refractivity contribution in [3.8, 4) is 5.69 Å². The van der Waals surface area contributed by atoms with Crippen molar-refractivity contribution in [1.29, 1.82) is 0 Å². The van der Waals surface area contributed by atoms with Gasteiger partial charge >= 0.3 is 12.4 Å². The molecule has 0 aliphatic rings. The maximum Gasteiger partial charge on any atom is 0.416 e. The van der Waals surface area contributed by atoms with Crippen LogP contribution in [-0.2, 0) is 23.7 Å². The Labute approximate surface area is 192 Å². The fourth-order valence-corrected chi connectivity index (χ4v) is 3.34. The number of aryl methyl sites for hydroxylation is 1. The summed E-state index contributed by atoms with van der Waals surface area (Å²) >= 11 is 0. The second-order valence-corrected chi connectivity index (χ2v) is 7.47. The van der Waals surface area contributed by atoms with Gasteiger partial charge in [0.25, 0.3) is 5.56 Å². The summed E-state index contributed by atoms with van der Waals surface area (Å²) in [5.41, 5.74) is -3.32. The minimum atomic E-state index is -5.04. The second-order valence-electron chi connectivity index (χ2n) is 7.47. The van der Waals surface area contributed by atoms with Crippen molar-refractivity contribution in [2.75, 3.05) is 5.32 Å². The molecule has 35 heavy (non-hydrogen) atoms. The van der Waals surface area contributed by atoms with E-state index >= 15 is 0 Å². The fraction of sp³-hybridized carbons (Fsp3) is 0.182. The molecule has 0 bridgehead atoms. The number of carbonyl (C=O) groups excluding carboxylic acids is 1. The molecule has 0 fully saturated rings. The Morgan fingerprint density at radius 3 is 2.17 bits per heavy atom. The number of anilines is 1. The number of amides is 1. The number of para-hydroxylation sites is 1. The first kappa shape index (κ1) is 24.0. The van der Waals surface area contributed by atoms with Crippen LogP contribution in [0.25, 0.3) is 16.7 Å². The number of carbonyl (C=O) groups is 1. The van der Waals surface area contributed by atoms with Crippen molar-refractivity contribution in [2.24, 2.45) is 0 Å². The van der Waals surface area contributed by atoms with Crippen molar-refractivity contribution in [2.45, 2.75) is 25.3 Å². The monoisotopic (exact) mass is 495 g/mol. The number of benzene rings is 2. The van der Waals surface area contributed by atoms with E-state index in [4.69, 9.17) is 0 Å². The van der Waals surface area contributed by atoms with Crippen LogP contribution in [0.3, 0.4) is 0 Å². The highest BCUT2D eigenvalue weighted by molar-refractivity contribution is 5.91. The van der Waals surface area contributed by atoms with E-state index in [0.29, 0.717) is 17.8 Å². The quantitative estimate of drug-likeness (QED) is 0.409. The molecule has 0 radical (unpaired) electrons. The molecule has 0 saturated carbocycles. The molecule has 7 nitrogen and oxygen atoms in total. The summed E-state index contributed by atoms with van der Waals surface area (Å²) < 4.78 is 80.5. The molecular formula is C22H15F6N5O2. The standard InChI is InChI=1S/C22H15F6N5O2/c23-21(24,25)13-8-14(22(26,27)28)10-15(9-13)31-18(34)6-7-32-12-29-19-17(20(32)35)11-30-33(19)16-4-2-1-3-5-16/h1-5,8-12H,6-7H2,(H,31,34). The number of alkyl halides is 6. The van der Waals surface area contributed by atoms with Gasteiger partial charge in [-0.05, 0) is 30.3 Å². The predicted molar refractivity (Wildman–Crippen MR) is 113 cm³/mol. The fourth-order valence-electron chi connectivity index (χ4n) is 3.34. The average molecular weight is 495 g/mol. The molecule has 0 spiro atoms. The van der Waals surface area contributed by atoms with Crippen LogP contribution in [0.1, 0.15) is 17.5 Å². The molecule has 1 amide bonds. The van der Waals surface area contributed by atoms with Crippen LogP contribution in [0, 0.1) is 0 Å². The Morgan fingerprint density at radius 2 is 1.57 bits per heavy atom. The summed E-state index contributed by atoms with van der Waals surface area (Å²) in [5.74, 6) is -0.885. The average Bonchev–Trinajstić information content (AvgIpc) is 3.23. The number of fused-ring (bicyclic) bond motifs is 1. The van der Waals surface area contributed by atoms with Crippen LogP contribution in [0.4, 0.5) is 32.0 Å². The molecule has 182 valence electrons. The molecule has 13 heteroatoms. The lowest BCUT2D eigenvalue weighted by atomic mass is 10.1. The van der Waals surface area contributed by atoms with Crippen molar-refractivity contribution < 1.29 is 31.1 Å². The van der Waals surface area contributed by atoms with Gasteiger partial charge < -0.3 is 5.32 Å². The van der Waals surface area contributed by atoms with E-state index in [9.17, 15) is 35.9 Å². The zero-order valence-electron chi connectivity index (χ0n) is 17.6. The molecule has 0 atom stereocenters. The van der Waals surface area contributed by atoms with Gasteiger partial charge in [0, 0.05) is 18.7 Å². The third-order valence-electron chi connectivity index (χ3n) is 5.01. The largest absolute Gasteiger partial charge is 0.416 e. The van der Waals surface area contributed by atoms with Crippen LogP contribution in [-0.4, -0.2) is 25.2 Å². The summed E-state index contributed by atoms with van der Waals surface area (Å²) in [7, 11) is 0. The van der Waals surface area contributed by atoms with E-state index in [0.717, 1.165) is 4.57 Å². The van der Waals surface area contributed by atoms with E-state index in [1.54, 1.807) is 24.3 Å². The topological polar surface area (TPSA) is 81.8 Å². The third kappa shape index (κ3) is 5.18. The number of nitrogens with one attached hydrogen (secondary N) is 1. The zero-order valence-corrected chi connectivity index (χ0v) is 17.6. The summed E-state index contributed by atoms with van der Waals surface area (Å²) in [6, 6.07) is 9.69. The van der Waals surface area contributed by atoms with Crippen LogP contribution in [0.2, 0.25) is 0 Å². The molecule has 0 aliphatic heterocycles. The highest BCUT2D eigenvalue weighted by Crippen LogP contribution is 2.37. The Morgan fingerprint density at radius 1 is 0.943 bits per heavy atom. The SMILES string of the molecule is O=C(CCn1cnc2c(cnn2-c2ccccc2)c1=O)Nc1cc(C(F)(F)F)cc(C(F)(F)F)c1. The Hall–Kier alpha value is -4.16. The van der Waals surface area contributed by atoms with Gasteiger partial charge in [0.2, 0.25) is 5.91 Å².